The van der Waals surface area contributed by atoms with E-state index in [1.807, 2.05) is 6.92 Å². The number of rotatable bonds is 1. The number of anilines is 1. The summed E-state index contributed by atoms with van der Waals surface area (Å²) in [5.74, 6) is -0.0104. The third-order valence-corrected chi connectivity index (χ3v) is 2.32. The minimum absolute atomic E-state index is 0.0104. The van der Waals surface area contributed by atoms with Crippen molar-refractivity contribution in [2.45, 2.75) is 13.5 Å². The van der Waals surface area contributed by atoms with Crippen molar-refractivity contribution in [3.05, 3.63) is 11.9 Å². The van der Waals surface area contributed by atoms with E-state index < -0.39 is 0 Å². The summed E-state index contributed by atoms with van der Waals surface area (Å²) in [4.78, 5) is 13.5. The molecule has 1 aromatic heterocycles. The predicted octanol–water partition coefficient (Wildman–Crippen LogP) is -0.0590. The van der Waals surface area contributed by atoms with Crippen LogP contribution in [0, 0.1) is 0 Å². The highest BCUT2D eigenvalue weighted by molar-refractivity contribution is 5.97. The number of aromatic nitrogens is 2. The van der Waals surface area contributed by atoms with Crippen LogP contribution >= 0.6 is 0 Å². The molecule has 0 bridgehead atoms. The molecule has 0 atom stereocenters. The summed E-state index contributed by atoms with van der Waals surface area (Å²) < 4.78 is 1.67. The van der Waals surface area contributed by atoms with Gasteiger partial charge in [-0.15, -0.1) is 0 Å². The van der Waals surface area contributed by atoms with Gasteiger partial charge in [0.25, 0.3) is 5.91 Å². The van der Waals surface area contributed by atoms with Crippen molar-refractivity contribution >= 4 is 11.6 Å². The summed E-state index contributed by atoms with van der Waals surface area (Å²) in [6, 6.07) is 0. The molecule has 2 rings (SSSR count). The Morgan fingerprint density at radius 3 is 3.08 bits per heavy atom. The second-order valence-corrected chi connectivity index (χ2v) is 3.06. The summed E-state index contributed by atoms with van der Waals surface area (Å²) in [5, 5.41) is 4.02. The highest BCUT2D eigenvalue weighted by Gasteiger charge is 2.26. The molecule has 1 aliphatic rings. The molecule has 2 heterocycles. The molecule has 1 amide bonds. The lowest BCUT2D eigenvalue weighted by Crippen LogP contribution is -2.40. The Bertz CT molecular complexity index is 344. The van der Waals surface area contributed by atoms with Gasteiger partial charge in [-0.3, -0.25) is 9.48 Å². The number of nitrogens with zero attached hydrogens (tertiary/aromatic N) is 3. The first-order valence-corrected chi connectivity index (χ1v) is 4.34. The molecule has 2 N–H and O–H groups in total. The molecule has 0 saturated heterocycles. The van der Waals surface area contributed by atoms with Gasteiger partial charge in [-0.05, 0) is 6.92 Å². The second kappa shape index (κ2) is 2.76. The number of carbonyl (C=O) groups is 1. The smallest absolute Gasteiger partial charge is 0.274 e. The second-order valence-electron chi connectivity index (χ2n) is 3.06. The van der Waals surface area contributed by atoms with E-state index in [1.54, 1.807) is 9.58 Å². The van der Waals surface area contributed by atoms with E-state index in [9.17, 15) is 4.79 Å². The average molecular weight is 180 g/mol. The van der Waals surface area contributed by atoms with Crippen LogP contribution in [-0.4, -0.2) is 33.7 Å². The first kappa shape index (κ1) is 8.10. The van der Waals surface area contributed by atoms with Gasteiger partial charge in [-0.25, -0.2) is 0 Å². The number of nitrogens with two attached hydrogens (primary N) is 1. The van der Waals surface area contributed by atoms with Crippen LogP contribution in [0.4, 0.5) is 5.69 Å². The van der Waals surface area contributed by atoms with Gasteiger partial charge in [-0.1, -0.05) is 0 Å². The van der Waals surface area contributed by atoms with Crippen LogP contribution in [0.1, 0.15) is 17.4 Å². The summed E-state index contributed by atoms with van der Waals surface area (Å²) >= 11 is 0. The molecule has 0 radical (unpaired) electrons. The molecule has 1 aromatic rings. The Labute approximate surface area is 76.1 Å². The van der Waals surface area contributed by atoms with Gasteiger partial charge in [0.2, 0.25) is 0 Å². The molecule has 5 heteroatoms. The minimum Gasteiger partial charge on any atom is -0.396 e. The standard InChI is InChI=1S/C8H12N4O/c1-2-11-3-4-12-7(8(11)13)6(9)5-10-12/h5H,2-4,9H2,1H3. The van der Waals surface area contributed by atoms with Crippen LogP contribution in [-0.2, 0) is 6.54 Å². The third-order valence-electron chi connectivity index (χ3n) is 2.32. The highest BCUT2D eigenvalue weighted by atomic mass is 16.2. The summed E-state index contributed by atoms with van der Waals surface area (Å²) in [5.41, 5.74) is 6.65. The maximum absolute atomic E-state index is 11.7. The molecule has 0 aromatic carbocycles. The predicted molar refractivity (Wildman–Crippen MR) is 48.2 cm³/mol. The fraction of sp³-hybridized carbons (Fsp3) is 0.500. The Morgan fingerprint density at radius 1 is 1.62 bits per heavy atom. The molecular weight excluding hydrogens is 168 g/mol. The Kier molecular flexibility index (Phi) is 1.72. The Hall–Kier alpha value is -1.52. The van der Waals surface area contributed by atoms with Gasteiger partial charge in [-0.2, -0.15) is 5.10 Å². The summed E-state index contributed by atoms with van der Waals surface area (Å²) in [7, 11) is 0. The number of hydrogen-bond donors (Lipinski definition) is 1. The van der Waals surface area contributed by atoms with Gasteiger partial charge in [0.05, 0.1) is 18.4 Å². The zero-order chi connectivity index (χ0) is 9.42. The van der Waals surface area contributed by atoms with Crippen LogP contribution in [0.15, 0.2) is 6.20 Å². The molecule has 0 fully saturated rings. The van der Waals surface area contributed by atoms with Crippen molar-refractivity contribution in [3.8, 4) is 0 Å². The quantitative estimate of drug-likeness (QED) is 0.658. The van der Waals surface area contributed by atoms with Gasteiger partial charge >= 0.3 is 0 Å². The summed E-state index contributed by atoms with van der Waals surface area (Å²) in [6.07, 6.45) is 1.53. The lowest BCUT2D eigenvalue weighted by molar-refractivity contribution is 0.0709. The fourth-order valence-corrected chi connectivity index (χ4v) is 1.57. The molecular formula is C8H12N4O. The molecule has 0 unspecified atom stereocenters. The monoisotopic (exact) mass is 180 g/mol. The largest absolute Gasteiger partial charge is 0.396 e. The van der Waals surface area contributed by atoms with Gasteiger partial charge in [0, 0.05) is 13.1 Å². The third kappa shape index (κ3) is 1.07. The van der Waals surface area contributed by atoms with Crippen molar-refractivity contribution in [3.63, 3.8) is 0 Å². The maximum atomic E-state index is 11.7. The lowest BCUT2D eigenvalue weighted by Gasteiger charge is -2.26. The SMILES string of the molecule is CCN1CCn2ncc(N)c2C1=O. The first-order chi connectivity index (χ1) is 6.24. The van der Waals surface area contributed by atoms with E-state index in [0.29, 0.717) is 11.4 Å². The number of carbonyl (C=O) groups excluding carboxylic acids is 1. The average Bonchev–Trinajstić information content (AvgIpc) is 2.49. The number of amides is 1. The number of likely N-dealkylation sites (N-methyl/N-ethyl adjacent to an activating group) is 1. The molecule has 0 saturated carbocycles. The molecule has 70 valence electrons. The van der Waals surface area contributed by atoms with Crippen LogP contribution < -0.4 is 5.73 Å². The van der Waals surface area contributed by atoms with Crippen LogP contribution in [0.2, 0.25) is 0 Å². The number of nitrogen functional groups attached to an aromatic ring is 1. The van der Waals surface area contributed by atoms with Gasteiger partial charge < -0.3 is 10.6 Å². The van der Waals surface area contributed by atoms with Crippen molar-refractivity contribution < 1.29 is 4.79 Å². The normalized spacial score (nSPS) is 16.1. The number of fused-ring (bicyclic) bond motifs is 1. The van der Waals surface area contributed by atoms with E-state index in [2.05, 4.69) is 5.10 Å². The molecule has 0 aliphatic carbocycles. The lowest BCUT2D eigenvalue weighted by atomic mass is 10.2. The maximum Gasteiger partial charge on any atom is 0.274 e. The van der Waals surface area contributed by atoms with Crippen molar-refractivity contribution in [2.75, 3.05) is 18.8 Å². The van der Waals surface area contributed by atoms with Gasteiger partial charge in [0.1, 0.15) is 5.69 Å². The Morgan fingerprint density at radius 2 is 2.38 bits per heavy atom. The minimum atomic E-state index is -0.0104. The zero-order valence-corrected chi connectivity index (χ0v) is 7.53. The summed E-state index contributed by atoms with van der Waals surface area (Å²) in [6.45, 7) is 4.15. The first-order valence-electron chi connectivity index (χ1n) is 4.34. The van der Waals surface area contributed by atoms with E-state index in [0.717, 1.165) is 19.6 Å². The highest BCUT2D eigenvalue weighted by Crippen LogP contribution is 2.17. The van der Waals surface area contributed by atoms with E-state index in [4.69, 9.17) is 5.73 Å². The van der Waals surface area contributed by atoms with Crippen molar-refractivity contribution in [1.82, 2.24) is 14.7 Å². The zero-order valence-electron chi connectivity index (χ0n) is 7.53. The van der Waals surface area contributed by atoms with Crippen LogP contribution in [0.25, 0.3) is 0 Å². The van der Waals surface area contributed by atoms with Crippen LogP contribution in [0.3, 0.4) is 0 Å². The van der Waals surface area contributed by atoms with Crippen LogP contribution in [0.5, 0.6) is 0 Å². The van der Waals surface area contributed by atoms with Crippen molar-refractivity contribution in [2.24, 2.45) is 0 Å². The van der Waals surface area contributed by atoms with E-state index >= 15 is 0 Å². The molecule has 13 heavy (non-hydrogen) atoms. The fourth-order valence-electron chi connectivity index (χ4n) is 1.57. The molecule has 0 spiro atoms. The van der Waals surface area contributed by atoms with Crippen molar-refractivity contribution in [1.29, 1.82) is 0 Å². The number of hydrogen-bond acceptors (Lipinski definition) is 3. The molecule has 1 aliphatic heterocycles. The topological polar surface area (TPSA) is 64.2 Å². The van der Waals surface area contributed by atoms with Gasteiger partial charge in [0.15, 0.2) is 0 Å². The Balaban J connectivity index is 2.43. The van der Waals surface area contributed by atoms with E-state index in [1.165, 1.54) is 6.20 Å². The van der Waals surface area contributed by atoms with E-state index in [-0.39, 0.29) is 5.91 Å². The molecule has 5 nitrogen and oxygen atoms in total.